The maximum absolute atomic E-state index is 14.0. The van der Waals surface area contributed by atoms with Crippen LogP contribution in [-0.2, 0) is 26.2 Å². The molecular weight excluding hydrogens is 593 g/mol. The number of carbonyl (C=O) groups excluding carboxylic acids is 2. The fraction of sp³-hybridized carbons (Fsp3) is 0.310. The lowest BCUT2D eigenvalue weighted by atomic mass is 10.1. The van der Waals surface area contributed by atoms with Gasteiger partial charge in [0.15, 0.2) is 0 Å². The van der Waals surface area contributed by atoms with Crippen LogP contribution in [0, 0.1) is 0 Å². The van der Waals surface area contributed by atoms with Crippen molar-refractivity contribution in [1.29, 1.82) is 0 Å². The van der Waals surface area contributed by atoms with Gasteiger partial charge in [0.25, 0.3) is 10.0 Å². The van der Waals surface area contributed by atoms with Crippen LogP contribution >= 0.6 is 34.8 Å². The third-order valence-corrected chi connectivity index (χ3v) is 9.65. The van der Waals surface area contributed by atoms with E-state index in [2.05, 4.69) is 5.32 Å². The summed E-state index contributed by atoms with van der Waals surface area (Å²) in [5, 5.41) is 3.81. The zero-order valence-electron chi connectivity index (χ0n) is 21.9. The molecule has 0 bridgehead atoms. The molecule has 0 aromatic heterocycles. The van der Waals surface area contributed by atoms with Crippen molar-refractivity contribution in [2.45, 2.75) is 56.1 Å². The van der Waals surface area contributed by atoms with E-state index in [1.807, 2.05) is 0 Å². The van der Waals surface area contributed by atoms with Crippen molar-refractivity contribution < 1.29 is 18.0 Å². The van der Waals surface area contributed by atoms with Gasteiger partial charge in [-0.2, -0.15) is 0 Å². The minimum absolute atomic E-state index is 0.000261. The number of nitrogens with one attached hydrogen (secondary N) is 1. The smallest absolute Gasteiger partial charge is 0.264 e. The first-order valence-electron chi connectivity index (χ1n) is 12.9. The fourth-order valence-electron chi connectivity index (χ4n) is 4.69. The van der Waals surface area contributed by atoms with Crippen molar-refractivity contribution in [1.82, 2.24) is 10.2 Å². The van der Waals surface area contributed by atoms with Gasteiger partial charge >= 0.3 is 0 Å². The molecule has 7 nitrogen and oxygen atoms in total. The molecule has 0 radical (unpaired) electrons. The number of sulfonamides is 1. The summed E-state index contributed by atoms with van der Waals surface area (Å²) in [4.78, 5) is 28.6. The van der Waals surface area contributed by atoms with Gasteiger partial charge in [0.2, 0.25) is 11.8 Å². The molecule has 212 valence electrons. The first kappa shape index (κ1) is 30.2. The molecule has 4 rings (SSSR count). The molecule has 2 amide bonds. The highest BCUT2D eigenvalue weighted by molar-refractivity contribution is 7.92. The highest BCUT2D eigenvalue weighted by atomic mass is 35.5. The van der Waals surface area contributed by atoms with Crippen LogP contribution in [0.1, 0.15) is 38.2 Å². The Labute approximate surface area is 250 Å². The number of anilines is 1. The Balaban J connectivity index is 1.72. The summed E-state index contributed by atoms with van der Waals surface area (Å²) in [7, 11) is -4.25. The van der Waals surface area contributed by atoms with Crippen LogP contribution in [0.4, 0.5) is 5.69 Å². The lowest BCUT2D eigenvalue weighted by molar-refractivity contribution is -0.139. The zero-order chi connectivity index (χ0) is 28.9. The van der Waals surface area contributed by atoms with Crippen molar-refractivity contribution in [3.8, 4) is 0 Å². The molecule has 1 N–H and O–H groups in total. The van der Waals surface area contributed by atoms with E-state index in [-0.39, 0.29) is 39.1 Å². The van der Waals surface area contributed by atoms with Crippen LogP contribution in [0.15, 0.2) is 77.7 Å². The van der Waals surface area contributed by atoms with Crippen LogP contribution in [-0.4, -0.2) is 43.8 Å². The average molecular weight is 623 g/mol. The van der Waals surface area contributed by atoms with Gasteiger partial charge in [-0.05, 0) is 61.7 Å². The predicted molar refractivity (Wildman–Crippen MR) is 159 cm³/mol. The van der Waals surface area contributed by atoms with Crippen LogP contribution in [0.5, 0.6) is 0 Å². The van der Waals surface area contributed by atoms with Crippen molar-refractivity contribution >= 4 is 62.3 Å². The maximum atomic E-state index is 14.0. The third-order valence-electron chi connectivity index (χ3n) is 6.95. The Hall–Kier alpha value is -2.78. The number of amides is 2. The van der Waals surface area contributed by atoms with Crippen LogP contribution < -0.4 is 9.62 Å². The first-order chi connectivity index (χ1) is 19.1. The topological polar surface area (TPSA) is 86.8 Å². The Morgan fingerprint density at radius 2 is 1.57 bits per heavy atom. The van der Waals surface area contributed by atoms with Crippen molar-refractivity contribution in [3.63, 3.8) is 0 Å². The van der Waals surface area contributed by atoms with Gasteiger partial charge in [0.1, 0.15) is 12.6 Å². The van der Waals surface area contributed by atoms with E-state index in [1.54, 1.807) is 49.4 Å². The number of hydrogen-bond acceptors (Lipinski definition) is 4. The molecule has 0 spiro atoms. The van der Waals surface area contributed by atoms with Gasteiger partial charge in [-0.25, -0.2) is 8.42 Å². The molecule has 0 unspecified atom stereocenters. The van der Waals surface area contributed by atoms with E-state index >= 15 is 0 Å². The lowest BCUT2D eigenvalue weighted by Crippen LogP contribution is -2.52. The average Bonchev–Trinajstić information content (AvgIpc) is 3.45. The summed E-state index contributed by atoms with van der Waals surface area (Å²) >= 11 is 19.1. The van der Waals surface area contributed by atoms with E-state index in [4.69, 9.17) is 34.8 Å². The second-order valence-electron chi connectivity index (χ2n) is 9.70. The summed E-state index contributed by atoms with van der Waals surface area (Å²) in [5.74, 6) is -0.921. The number of halogens is 3. The Kier molecular flexibility index (Phi) is 10.0. The second-order valence-corrected chi connectivity index (χ2v) is 12.8. The molecule has 3 aromatic carbocycles. The molecule has 40 heavy (non-hydrogen) atoms. The minimum Gasteiger partial charge on any atom is -0.352 e. The highest BCUT2D eigenvalue weighted by Gasteiger charge is 2.34. The van der Waals surface area contributed by atoms with E-state index in [9.17, 15) is 18.0 Å². The number of carbonyl (C=O) groups is 2. The van der Waals surface area contributed by atoms with Gasteiger partial charge in [-0.3, -0.25) is 13.9 Å². The lowest BCUT2D eigenvalue weighted by Gasteiger charge is -2.33. The molecule has 0 saturated heterocycles. The molecule has 1 fully saturated rings. The van der Waals surface area contributed by atoms with Gasteiger partial charge in [0.05, 0.1) is 15.6 Å². The molecule has 0 aliphatic heterocycles. The summed E-state index contributed by atoms with van der Waals surface area (Å²) in [6.07, 6.45) is 3.84. The molecule has 1 aliphatic rings. The number of benzene rings is 3. The summed E-state index contributed by atoms with van der Waals surface area (Å²) in [5.41, 5.74) is 0.670. The minimum atomic E-state index is -4.25. The molecule has 1 aliphatic carbocycles. The van der Waals surface area contributed by atoms with Gasteiger partial charge in [0, 0.05) is 22.6 Å². The predicted octanol–water partition coefficient (Wildman–Crippen LogP) is 6.32. The third kappa shape index (κ3) is 7.10. The summed E-state index contributed by atoms with van der Waals surface area (Å²) < 4.78 is 28.6. The van der Waals surface area contributed by atoms with E-state index in [0.29, 0.717) is 10.6 Å². The van der Waals surface area contributed by atoms with Crippen LogP contribution in [0.3, 0.4) is 0 Å². The van der Waals surface area contributed by atoms with Crippen LogP contribution in [0.25, 0.3) is 0 Å². The molecular formula is C29H30Cl3N3O4S. The van der Waals surface area contributed by atoms with E-state index in [0.717, 1.165) is 30.0 Å². The Morgan fingerprint density at radius 3 is 2.25 bits per heavy atom. The zero-order valence-corrected chi connectivity index (χ0v) is 25.0. The summed E-state index contributed by atoms with van der Waals surface area (Å²) in [6, 6.07) is 18.3. The normalized spacial score (nSPS) is 14.5. The molecule has 0 heterocycles. The quantitative estimate of drug-likeness (QED) is 0.287. The Morgan fingerprint density at radius 1 is 0.925 bits per heavy atom. The SMILES string of the molecule is C[C@H](C(=O)NC1CCCC1)N(Cc1ccccc1Cl)C(=O)CN(c1cc(Cl)ccc1Cl)S(=O)(=O)c1ccccc1. The fourth-order valence-corrected chi connectivity index (χ4v) is 6.77. The molecule has 3 aromatic rings. The van der Waals surface area contributed by atoms with Crippen molar-refractivity contribution in [2.24, 2.45) is 0 Å². The van der Waals surface area contributed by atoms with E-state index < -0.39 is 28.5 Å². The second kappa shape index (κ2) is 13.3. The molecule has 1 atom stereocenters. The number of nitrogens with zero attached hydrogens (tertiary/aromatic N) is 2. The number of hydrogen-bond donors (Lipinski definition) is 1. The molecule has 11 heteroatoms. The Bertz CT molecular complexity index is 1460. The van der Waals surface area contributed by atoms with Crippen molar-refractivity contribution in [3.05, 3.63) is 93.4 Å². The highest BCUT2D eigenvalue weighted by Crippen LogP contribution is 2.33. The van der Waals surface area contributed by atoms with Crippen LogP contribution in [0.2, 0.25) is 15.1 Å². The molecule has 1 saturated carbocycles. The number of rotatable bonds is 10. The van der Waals surface area contributed by atoms with Gasteiger partial charge in [-0.15, -0.1) is 0 Å². The largest absolute Gasteiger partial charge is 0.352 e. The summed E-state index contributed by atoms with van der Waals surface area (Å²) in [6.45, 7) is 1.00. The van der Waals surface area contributed by atoms with E-state index in [1.165, 1.54) is 35.2 Å². The van der Waals surface area contributed by atoms with Crippen molar-refractivity contribution in [2.75, 3.05) is 10.8 Å². The first-order valence-corrected chi connectivity index (χ1v) is 15.5. The van der Waals surface area contributed by atoms with Gasteiger partial charge in [-0.1, -0.05) is 84.0 Å². The van der Waals surface area contributed by atoms with Gasteiger partial charge < -0.3 is 10.2 Å². The maximum Gasteiger partial charge on any atom is 0.264 e. The monoisotopic (exact) mass is 621 g/mol. The standard InChI is InChI=1S/C29H30Cl3N3O4S/c1-20(29(37)33-23-10-6-7-11-23)34(18-21-9-5-8-14-25(21)31)28(36)19-35(27-17-22(30)15-16-26(27)32)40(38,39)24-12-3-2-4-13-24/h2-5,8-9,12-17,20,23H,6-7,10-11,18-19H2,1H3,(H,33,37)/t20-/m1/s1.